The van der Waals surface area contributed by atoms with Crippen molar-refractivity contribution in [1.82, 2.24) is 4.57 Å². The molecule has 1 aliphatic rings. The lowest BCUT2D eigenvalue weighted by molar-refractivity contribution is -0.139. The monoisotopic (exact) mass is 596 g/mol. The van der Waals surface area contributed by atoms with E-state index < -0.39 is 12.0 Å². The number of carbonyl (C=O) groups is 1. The summed E-state index contributed by atoms with van der Waals surface area (Å²) >= 11 is 10.9. The molecule has 1 atom stereocenters. The van der Waals surface area contributed by atoms with Crippen molar-refractivity contribution in [2.75, 3.05) is 6.61 Å². The molecule has 188 valence electrons. The second kappa shape index (κ2) is 10.3. The number of allylic oxidation sites excluding steroid dienone is 1. The fraction of sp³-hybridized carbons (Fsp3) is 0.179. The fourth-order valence-corrected chi connectivity index (χ4v) is 5.67. The number of esters is 1. The molecule has 9 heteroatoms. The maximum Gasteiger partial charge on any atom is 0.338 e. The predicted octanol–water partition coefficient (Wildman–Crippen LogP) is 5.78. The molecule has 37 heavy (non-hydrogen) atoms. The third-order valence-corrected chi connectivity index (χ3v) is 8.23. The summed E-state index contributed by atoms with van der Waals surface area (Å²) in [6.07, 6.45) is 1.70. The van der Waals surface area contributed by atoms with E-state index in [9.17, 15) is 9.59 Å². The van der Waals surface area contributed by atoms with Crippen molar-refractivity contribution < 1.29 is 13.9 Å². The Bertz CT molecular complexity index is 1730. The largest absolute Gasteiger partial charge is 0.463 e. The summed E-state index contributed by atoms with van der Waals surface area (Å²) in [5.41, 5.74) is 3.34. The maximum atomic E-state index is 13.7. The average molecular weight is 598 g/mol. The van der Waals surface area contributed by atoms with Crippen LogP contribution in [0.4, 0.5) is 0 Å². The lowest BCUT2D eigenvalue weighted by atomic mass is 9.95. The summed E-state index contributed by atoms with van der Waals surface area (Å²) in [7, 11) is 0. The Morgan fingerprint density at radius 1 is 1.19 bits per heavy atom. The summed E-state index contributed by atoms with van der Waals surface area (Å²) < 4.78 is 14.2. The number of hydrogen-bond acceptors (Lipinski definition) is 6. The molecule has 0 bridgehead atoms. The van der Waals surface area contributed by atoms with Gasteiger partial charge in [0.2, 0.25) is 0 Å². The van der Waals surface area contributed by atoms with E-state index in [2.05, 4.69) is 20.9 Å². The van der Waals surface area contributed by atoms with E-state index in [0.717, 1.165) is 21.2 Å². The van der Waals surface area contributed by atoms with Crippen LogP contribution >= 0.6 is 38.9 Å². The van der Waals surface area contributed by atoms with Gasteiger partial charge in [-0.1, -0.05) is 58.8 Å². The van der Waals surface area contributed by atoms with Crippen molar-refractivity contribution in [3.05, 3.63) is 112 Å². The zero-order valence-electron chi connectivity index (χ0n) is 20.2. The smallest absolute Gasteiger partial charge is 0.338 e. The number of aryl methyl sites for hydroxylation is 1. The van der Waals surface area contributed by atoms with Gasteiger partial charge >= 0.3 is 5.97 Å². The number of thiazole rings is 1. The molecular weight excluding hydrogens is 576 g/mol. The Kier molecular flexibility index (Phi) is 7.07. The van der Waals surface area contributed by atoms with Crippen LogP contribution in [-0.2, 0) is 9.53 Å². The molecule has 2 aromatic carbocycles. The number of nitrogens with zero attached hydrogens (tertiary/aromatic N) is 2. The van der Waals surface area contributed by atoms with Crippen LogP contribution in [-0.4, -0.2) is 17.1 Å². The van der Waals surface area contributed by atoms with E-state index >= 15 is 0 Å². The Morgan fingerprint density at radius 2 is 1.95 bits per heavy atom. The lowest BCUT2D eigenvalue weighted by Crippen LogP contribution is -2.39. The van der Waals surface area contributed by atoms with Gasteiger partial charge in [-0.3, -0.25) is 9.36 Å². The molecule has 0 saturated carbocycles. The Morgan fingerprint density at radius 3 is 2.65 bits per heavy atom. The number of carbonyl (C=O) groups excluding carboxylic acids is 1. The van der Waals surface area contributed by atoms with E-state index in [1.165, 1.54) is 11.3 Å². The van der Waals surface area contributed by atoms with Crippen LogP contribution in [0.25, 0.3) is 17.4 Å². The predicted molar refractivity (Wildman–Crippen MR) is 148 cm³/mol. The van der Waals surface area contributed by atoms with Crippen LogP contribution in [0.2, 0.25) is 5.02 Å². The molecule has 4 aromatic rings. The van der Waals surface area contributed by atoms with Crippen molar-refractivity contribution >= 4 is 50.9 Å². The van der Waals surface area contributed by atoms with Gasteiger partial charge in [0.15, 0.2) is 4.80 Å². The minimum absolute atomic E-state index is 0.227. The topological polar surface area (TPSA) is 73.8 Å². The van der Waals surface area contributed by atoms with E-state index in [1.54, 1.807) is 30.6 Å². The number of halogens is 2. The van der Waals surface area contributed by atoms with Crippen LogP contribution in [0.5, 0.6) is 0 Å². The highest BCUT2D eigenvalue weighted by Crippen LogP contribution is 2.32. The van der Waals surface area contributed by atoms with Crippen molar-refractivity contribution in [2.45, 2.75) is 26.8 Å². The van der Waals surface area contributed by atoms with E-state index in [0.29, 0.717) is 37.1 Å². The molecule has 1 aliphatic heterocycles. The molecule has 6 nitrogen and oxygen atoms in total. The number of furan rings is 1. The molecule has 0 radical (unpaired) electrons. The van der Waals surface area contributed by atoms with Gasteiger partial charge in [-0.25, -0.2) is 9.79 Å². The van der Waals surface area contributed by atoms with Gasteiger partial charge < -0.3 is 9.15 Å². The Hall–Kier alpha value is -3.20. The van der Waals surface area contributed by atoms with Gasteiger partial charge in [0.25, 0.3) is 5.56 Å². The van der Waals surface area contributed by atoms with Crippen LogP contribution in [0, 0.1) is 6.92 Å². The van der Waals surface area contributed by atoms with Crippen LogP contribution in [0.3, 0.4) is 0 Å². The highest BCUT2D eigenvalue weighted by Gasteiger charge is 2.33. The molecule has 3 heterocycles. The quantitative estimate of drug-likeness (QED) is 0.273. The molecule has 0 spiro atoms. The third kappa shape index (κ3) is 4.89. The highest BCUT2D eigenvalue weighted by molar-refractivity contribution is 9.10. The van der Waals surface area contributed by atoms with Gasteiger partial charge in [0.1, 0.15) is 11.5 Å². The molecular formula is C28H22BrClN2O4S. The van der Waals surface area contributed by atoms with Crippen LogP contribution in [0.1, 0.15) is 36.8 Å². The number of ether oxygens (including phenoxy) is 1. The normalized spacial score (nSPS) is 15.5. The number of rotatable bonds is 5. The summed E-state index contributed by atoms with van der Waals surface area (Å²) in [5, 5.41) is 0.577. The fourth-order valence-electron chi connectivity index (χ4n) is 4.22. The Labute approximate surface area is 230 Å². The standard InChI is InChI=1S/C28H22BrClN2O4S/c1-4-35-27(34)24-16(3)31-28-32(25(24)17-7-5-15(2)6-8-17)26(33)23(37-28)14-19-10-12-22(36-19)18-9-11-20(29)21(30)13-18/h5-14,25H,4H2,1-3H3/b23-14+/t25-/m1/s1. The van der Waals surface area contributed by atoms with E-state index in [1.807, 2.05) is 55.5 Å². The molecule has 5 rings (SSSR count). The van der Waals surface area contributed by atoms with E-state index in [-0.39, 0.29) is 12.2 Å². The summed E-state index contributed by atoms with van der Waals surface area (Å²) in [6, 6.07) is 16.3. The minimum atomic E-state index is -0.643. The van der Waals surface area contributed by atoms with Crippen molar-refractivity contribution in [3.63, 3.8) is 0 Å². The van der Waals surface area contributed by atoms with Crippen LogP contribution in [0.15, 0.2) is 84.5 Å². The zero-order valence-corrected chi connectivity index (χ0v) is 23.4. The first-order chi connectivity index (χ1) is 17.8. The van der Waals surface area contributed by atoms with Gasteiger partial charge in [0.05, 0.1) is 33.5 Å². The van der Waals surface area contributed by atoms with Gasteiger partial charge in [0, 0.05) is 16.1 Å². The molecule has 0 unspecified atom stereocenters. The number of aromatic nitrogens is 1. The first-order valence-electron chi connectivity index (χ1n) is 11.6. The average Bonchev–Trinajstić information content (AvgIpc) is 3.45. The van der Waals surface area contributed by atoms with Gasteiger partial charge in [-0.05, 0) is 66.5 Å². The lowest BCUT2D eigenvalue weighted by Gasteiger charge is -2.24. The molecule has 0 fully saturated rings. The summed E-state index contributed by atoms with van der Waals surface area (Å²) in [5.74, 6) is 0.673. The number of benzene rings is 2. The molecule has 0 saturated heterocycles. The Balaban J connectivity index is 1.62. The molecule has 2 aromatic heterocycles. The SMILES string of the molecule is CCOC(=O)C1=C(C)N=c2s/c(=C/c3ccc(-c4ccc(Br)c(Cl)c4)o3)c(=O)n2[C@@H]1c1ccc(C)cc1. The molecule has 0 amide bonds. The second-order valence-corrected chi connectivity index (χ2v) is 10.8. The van der Waals surface area contributed by atoms with Crippen molar-refractivity contribution in [1.29, 1.82) is 0 Å². The van der Waals surface area contributed by atoms with Crippen LogP contribution < -0.4 is 14.9 Å². The second-order valence-electron chi connectivity index (χ2n) is 8.54. The first-order valence-corrected chi connectivity index (χ1v) is 13.6. The molecule has 0 N–H and O–H groups in total. The molecule has 0 aliphatic carbocycles. The van der Waals surface area contributed by atoms with Gasteiger partial charge in [-0.2, -0.15) is 0 Å². The van der Waals surface area contributed by atoms with Crippen molar-refractivity contribution in [3.8, 4) is 11.3 Å². The zero-order chi connectivity index (χ0) is 26.3. The number of fused-ring (bicyclic) bond motifs is 1. The summed E-state index contributed by atoms with van der Waals surface area (Å²) in [4.78, 5) is 31.8. The number of hydrogen-bond donors (Lipinski definition) is 0. The van der Waals surface area contributed by atoms with Crippen molar-refractivity contribution in [2.24, 2.45) is 4.99 Å². The first kappa shape index (κ1) is 25.4. The summed E-state index contributed by atoms with van der Waals surface area (Å²) in [6.45, 7) is 5.74. The van der Waals surface area contributed by atoms with Gasteiger partial charge in [-0.15, -0.1) is 0 Å². The highest BCUT2D eigenvalue weighted by atomic mass is 79.9. The third-order valence-electron chi connectivity index (χ3n) is 6.01. The maximum absolute atomic E-state index is 13.7. The van der Waals surface area contributed by atoms with E-state index in [4.69, 9.17) is 20.8 Å². The minimum Gasteiger partial charge on any atom is -0.463 e.